The third kappa shape index (κ3) is 2.00. The van der Waals surface area contributed by atoms with E-state index in [1.165, 1.54) is 0 Å². The molecule has 70 valence electrons. The molecule has 1 aromatic carbocycles. The molecule has 13 heavy (non-hydrogen) atoms. The standard InChI is InChI=1S/C8H7F2NO2/c9-5-2-1-4(3-6(5)10)7(11)8(12)13/h1-3,7H,11H2,(H,12,13)/t7-/m1/s1. The quantitative estimate of drug-likeness (QED) is 0.645. The van der Waals surface area contributed by atoms with Crippen molar-refractivity contribution in [1.29, 1.82) is 0 Å². The summed E-state index contributed by atoms with van der Waals surface area (Å²) in [6.45, 7) is 0. The lowest BCUT2D eigenvalue weighted by Gasteiger charge is -2.09. The Bertz CT molecular complexity index is 341. The Morgan fingerprint density at radius 3 is 2.46 bits per heavy atom. The number of halogens is 2. The summed E-state index contributed by atoms with van der Waals surface area (Å²) >= 11 is 0. The molecule has 0 radical (unpaired) electrons. The van der Waals surface area contributed by atoms with E-state index in [1.807, 2.05) is 0 Å². The second-order valence-electron chi connectivity index (χ2n) is 2.55. The molecular formula is C8H7F2NO2. The number of aliphatic carboxylic acids is 1. The van der Waals surface area contributed by atoms with Gasteiger partial charge >= 0.3 is 0 Å². The molecular weight excluding hydrogens is 180 g/mol. The van der Waals surface area contributed by atoms with E-state index >= 15 is 0 Å². The summed E-state index contributed by atoms with van der Waals surface area (Å²) in [5.41, 5.74) is 3.31. The molecule has 0 unspecified atom stereocenters. The monoisotopic (exact) mass is 187 g/mol. The zero-order valence-electron chi connectivity index (χ0n) is 6.59. The van der Waals surface area contributed by atoms with Crippen LogP contribution in [-0.2, 0) is 4.79 Å². The smallest absolute Gasteiger partial charge is 0.159 e. The Balaban J connectivity index is 3.03. The van der Waals surface area contributed by atoms with Gasteiger partial charge in [0.15, 0.2) is 17.7 Å². The largest absolute Gasteiger partial charge is 0.544 e. The Morgan fingerprint density at radius 2 is 2.00 bits per heavy atom. The third-order valence-corrected chi connectivity index (χ3v) is 1.63. The average Bonchev–Trinajstić information content (AvgIpc) is 2.08. The number of quaternary nitrogens is 1. The van der Waals surface area contributed by atoms with Crippen molar-refractivity contribution in [3.05, 3.63) is 35.4 Å². The van der Waals surface area contributed by atoms with Gasteiger partial charge in [0.2, 0.25) is 0 Å². The second kappa shape index (κ2) is 3.49. The molecule has 5 heteroatoms. The number of hydrogen-bond acceptors (Lipinski definition) is 2. The van der Waals surface area contributed by atoms with Crippen LogP contribution in [0.5, 0.6) is 0 Å². The predicted octanol–water partition coefficient (Wildman–Crippen LogP) is -1.00. The van der Waals surface area contributed by atoms with Crippen molar-refractivity contribution in [1.82, 2.24) is 0 Å². The lowest BCUT2D eigenvalue weighted by Crippen LogP contribution is -2.61. The van der Waals surface area contributed by atoms with Gasteiger partial charge in [-0.2, -0.15) is 0 Å². The average molecular weight is 187 g/mol. The Labute approximate surface area is 72.8 Å². The van der Waals surface area contributed by atoms with Crippen LogP contribution in [0.25, 0.3) is 0 Å². The van der Waals surface area contributed by atoms with Crippen LogP contribution >= 0.6 is 0 Å². The highest BCUT2D eigenvalue weighted by Gasteiger charge is 2.12. The van der Waals surface area contributed by atoms with Crippen molar-refractivity contribution in [2.45, 2.75) is 6.04 Å². The summed E-state index contributed by atoms with van der Waals surface area (Å²) in [5.74, 6) is -3.53. The van der Waals surface area contributed by atoms with Gasteiger partial charge in [-0.05, 0) is 18.2 Å². The summed E-state index contributed by atoms with van der Waals surface area (Å²) in [6.07, 6.45) is 0. The minimum atomic E-state index is -1.42. The summed E-state index contributed by atoms with van der Waals surface area (Å²) in [6, 6.07) is 1.62. The first-order valence-electron chi connectivity index (χ1n) is 3.51. The Kier molecular flexibility index (Phi) is 2.57. The van der Waals surface area contributed by atoms with Crippen molar-refractivity contribution in [3.63, 3.8) is 0 Å². The number of hydrogen-bond donors (Lipinski definition) is 1. The van der Waals surface area contributed by atoms with Gasteiger partial charge in [0.1, 0.15) is 5.97 Å². The number of carbonyl (C=O) groups excluding carboxylic acids is 1. The maximum atomic E-state index is 12.6. The number of benzene rings is 1. The molecule has 0 aromatic heterocycles. The normalized spacial score (nSPS) is 12.5. The van der Waals surface area contributed by atoms with Crippen LogP contribution in [0.15, 0.2) is 18.2 Å². The van der Waals surface area contributed by atoms with E-state index in [1.54, 1.807) is 0 Å². The molecule has 1 rings (SSSR count). The molecule has 3 N–H and O–H groups in total. The molecule has 0 aliphatic rings. The second-order valence-corrected chi connectivity index (χ2v) is 2.55. The minimum absolute atomic E-state index is 0.0823. The summed E-state index contributed by atoms with van der Waals surface area (Å²) in [5, 5.41) is 10.3. The van der Waals surface area contributed by atoms with Crippen LogP contribution in [0, 0.1) is 11.6 Å². The van der Waals surface area contributed by atoms with E-state index in [9.17, 15) is 18.7 Å². The van der Waals surface area contributed by atoms with Crippen LogP contribution in [0.4, 0.5) is 8.78 Å². The topological polar surface area (TPSA) is 67.8 Å². The fourth-order valence-electron chi connectivity index (χ4n) is 0.865. The first-order chi connectivity index (χ1) is 6.02. The number of carboxylic acids is 1. The summed E-state index contributed by atoms with van der Waals surface area (Å²) in [4.78, 5) is 10.3. The highest BCUT2D eigenvalue weighted by molar-refractivity contribution is 5.71. The molecule has 3 nitrogen and oxygen atoms in total. The molecule has 0 aliphatic heterocycles. The fourth-order valence-corrected chi connectivity index (χ4v) is 0.865. The van der Waals surface area contributed by atoms with Crippen molar-refractivity contribution in [3.8, 4) is 0 Å². The molecule has 0 saturated carbocycles. The van der Waals surface area contributed by atoms with Crippen LogP contribution in [0.1, 0.15) is 11.6 Å². The molecule has 0 heterocycles. The predicted molar refractivity (Wildman–Crippen MR) is 37.0 cm³/mol. The van der Waals surface area contributed by atoms with Crippen molar-refractivity contribution in [2.24, 2.45) is 0 Å². The number of carbonyl (C=O) groups is 1. The van der Waals surface area contributed by atoms with Crippen molar-refractivity contribution < 1.29 is 24.4 Å². The molecule has 0 fully saturated rings. The summed E-state index contributed by atoms with van der Waals surface area (Å²) < 4.78 is 25.0. The molecule has 0 saturated heterocycles. The number of rotatable bonds is 2. The van der Waals surface area contributed by atoms with E-state index in [4.69, 9.17) is 0 Å². The van der Waals surface area contributed by atoms with E-state index in [0.29, 0.717) is 0 Å². The van der Waals surface area contributed by atoms with Crippen LogP contribution in [-0.4, -0.2) is 5.97 Å². The van der Waals surface area contributed by atoms with Gasteiger partial charge in [-0.15, -0.1) is 0 Å². The Hall–Kier alpha value is -1.49. The van der Waals surface area contributed by atoms with Gasteiger partial charge in [-0.25, -0.2) is 8.78 Å². The van der Waals surface area contributed by atoms with E-state index in [2.05, 4.69) is 5.73 Å². The van der Waals surface area contributed by atoms with E-state index < -0.39 is 23.6 Å². The zero-order chi connectivity index (χ0) is 10.0. The molecule has 1 aromatic rings. The number of carboxylic acid groups (broad SMARTS) is 1. The maximum Gasteiger partial charge on any atom is 0.159 e. The molecule has 0 amide bonds. The van der Waals surface area contributed by atoms with Gasteiger partial charge in [0, 0.05) is 5.56 Å². The molecule has 0 aliphatic carbocycles. The lowest BCUT2D eigenvalue weighted by atomic mass is 10.1. The van der Waals surface area contributed by atoms with Crippen molar-refractivity contribution >= 4 is 5.97 Å². The van der Waals surface area contributed by atoms with E-state index in [0.717, 1.165) is 18.2 Å². The fraction of sp³-hybridized carbons (Fsp3) is 0.125. The summed E-state index contributed by atoms with van der Waals surface area (Å²) in [7, 11) is 0. The molecule has 1 atom stereocenters. The highest BCUT2D eigenvalue weighted by atomic mass is 19.2. The lowest BCUT2D eigenvalue weighted by molar-refractivity contribution is -0.443. The van der Waals surface area contributed by atoms with Crippen LogP contribution in [0.3, 0.4) is 0 Å². The first kappa shape index (κ1) is 9.60. The van der Waals surface area contributed by atoms with Gasteiger partial charge in [-0.3, -0.25) is 0 Å². The highest BCUT2D eigenvalue weighted by Crippen LogP contribution is 2.12. The van der Waals surface area contributed by atoms with Gasteiger partial charge in [0.25, 0.3) is 0 Å². The first-order valence-corrected chi connectivity index (χ1v) is 3.51. The molecule has 0 spiro atoms. The van der Waals surface area contributed by atoms with Crippen LogP contribution < -0.4 is 10.8 Å². The van der Waals surface area contributed by atoms with Gasteiger partial charge < -0.3 is 15.6 Å². The maximum absolute atomic E-state index is 12.6. The Morgan fingerprint density at radius 1 is 1.38 bits per heavy atom. The third-order valence-electron chi connectivity index (χ3n) is 1.63. The van der Waals surface area contributed by atoms with Crippen molar-refractivity contribution in [2.75, 3.05) is 0 Å². The minimum Gasteiger partial charge on any atom is -0.544 e. The SMILES string of the molecule is [NH3+][C@@H](C(=O)[O-])c1ccc(F)c(F)c1. The van der Waals surface area contributed by atoms with E-state index in [-0.39, 0.29) is 5.56 Å². The van der Waals surface area contributed by atoms with Crippen LogP contribution in [0.2, 0.25) is 0 Å². The zero-order valence-corrected chi connectivity index (χ0v) is 6.59. The van der Waals surface area contributed by atoms with Gasteiger partial charge in [-0.1, -0.05) is 0 Å². The molecule has 0 bridgehead atoms. The van der Waals surface area contributed by atoms with Gasteiger partial charge in [0.05, 0.1) is 0 Å².